The van der Waals surface area contributed by atoms with E-state index in [9.17, 15) is 0 Å². The van der Waals surface area contributed by atoms with Gasteiger partial charge in [0.15, 0.2) is 0 Å². The fourth-order valence-electron chi connectivity index (χ4n) is 2.13. The molecule has 0 aliphatic heterocycles. The monoisotopic (exact) mass is 261 g/mol. The van der Waals surface area contributed by atoms with Gasteiger partial charge in [-0.25, -0.2) is 0 Å². The van der Waals surface area contributed by atoms with Crippen LogP contribution in [0.1, 0.15) is 0 Å². The van der Waals surface area contributed by atoms with Crippen molar-refractivity contribution in [2.24, 2.45) is 0 Å². The van der Waals surface area contributed by atoms with Crippen molar-refractivity contribution in [2.45, 2.75) is 0 Å². The third kappa shape index (κ3) is 2.94. The number of pyridine rings is 1. The minimum absolute atomic E-state index is 0.0809. The summed E-state index contributed by atoms with van der Waals surface area (Å²) in [4.78, 5) is 6.11. The number of benzene rings is 1. The molecule has 5 heteroatoms. The lowest BCUT2D eigenvalue weighted by atomic mass is 10.1. The van der Waals surface area contributed by atoms with E-state index in [1.165, 1.54) is 0 Å². The Labute approximate surface area is 112 Å². The van der Waals surface area contributed by atoms with E-state index in [1.807, 2.05) is 23.1 Å². The molecule has 0 unspecified atom stereocenters. The van der Waals surface area contributed by atoms with Crippen LogP contribution in [-0.2, 0) is 4.74 Å². The second-order valence-corrected chi connectivity index (χ2v) is 4.30. The topological polar surface area (TPSA) is 71.6 Å². The first-order chi connectivity index (χ1) is 9.27. The molecule has 2 rings (SSSR count). The van der Waals surface area contributed by atoms with Crippen LogP contribution in [0.25, 0.3) is 10.8 Å². The van der Waals surface area contributed by atoms with Crippen LogP contribution in [0.5, 0.6) is 0 Å². The van der Waals surface area contributed by atoms with Crippen LogP contribution in [-0.4, -0.2) is 43.5 Å². The van der Waals surface area contributed by atoms with Crippen molar-refractivity contribution in [1.29, 1.82) is 0 Å². The summed E-state index contributed by atoms with van der Waals surface area (Å²) in [7, 11) is 1.66. The van der Waals surface area contributed by atoms with Crippen molar-refractivity contribution in [3.63, 3.8) is 0 Å². The Balaban J connectivity index is 2.38. The van der Waals surface area contributed by atoms with E-state index in [4.69, 9.17) is 15.6 Å². The Bertz CT molecular complexity index is 545. The number of nitrogens with two attached hydrogens (primary N) is 1. The van der Waals surface area contributed by atoms with E-state index in [-0.39, 0.29) is 6.61 Å². The zero-order valence-electron chi connectivity index (χ0n) is 11.0. The highest BCUT2D eigenvalue weighted by Crippen LogP contribution is 2.30. The number of fused-ring (bicyclic) bond motifs is 1. The molecule has 2 aromatic rings. The number of ether oxygens (including phenoxy) is 1. The average molecular weight is 261 g/mol. The zero-order chi connectivity index (χ0) is 13.7. The maximum atomic E-state index is 9.17. The number of hydrogen-bond donors (Lipinski definition) is 2. The smallest absolute Gasteiger partial charge is 0.0637 e. The average Bonchev–Trinajstić information content (AvgIpc) is 2.44. The van der Waals surface area contributed by atoms with Gasteiger partial charge >= 0.3 is 0 Å². The molecule has 0 atom stereocenters. The van der Waals surface area contributed by atoms with Gasteiger partial charge in [-0.3, -0.25) is 4.98 Å². The SMILES string of the molecule is COCCN(CCO)c1ccc2cnccc2c1N. The predicted molar refractivity (Wildman–Crippen MR) is 77.3 cm³/mol. The second kappa shape index (κ2) is 6.36. The number of hydrogen-bond acceptors (Lipinski definition) is 5. The lowest BCUT2D eigenvalue weighted by Gasteiger charge is -2.25. The van der Waals surface area contributed by atoms with Gasteiger partial charge in [0.1, 0.15) is 0 Å². The molecule has 0 bridgehead atoms. The molecule has 0 amide bonds. The van der Waals surface area contributed by atoms with Crippen molar-refractivity contribution >= 4 is 22.1 Å². The van der Waals surface area contributed by atoms with Gasteiger partial charge in [0, 0.05) is 43.4 Å². The fourth-order valence-corrected chi connectivity index (χ4v) is 2.13. The number of aliphatic hydroxyl groups excluding tert-OH is 1. The van der Waals surface area contributed by atoms with E-state index < -0.39 is 0 Å². The zero-order valence-corrected chi connectivity index (χ0v) is 11.0. The van der Waals surface area contributed by atoms with Crippen LogP contribution >= 0.6 is 0 Å². The van der Waals surface area contributed by atoms with Crippen LogP contribution in [0.3, 0.4) is 0 Å². The highest BCUT2D eigenvalue weighted by atomic mass is 16.5. The summed E-state index contributed by atoms with van der Waals surface area (Å²) in [6, 6.07) is 5.86. The van der Waals surface area contributed by atoms with Crippen molar-refractivity contribution in [1.82, 2.24) is 4.98 Å². The lowest BCUT2D eigenvalue weighted by Crippen LogP contribution is -2.30. The molecule has 0 aliphatic carbocycles. The summed E-state index contributed by atoms with van der Waals surface area (Å²) in [6.45, 7) is 1.90. The van der Waals surface area contributed by atoms with E-state index in [0.717, 1.165) is 16.5 Å². The number of rotatable bonds is 6. The highest BCUT2D eigenvalue weighted by Gasteiger charge is 2.11. The Hall–Kier alpha value is -1.85. The van der Waals surface area contributed by atoms with E-state index in [2.05, 4.69) is 4.98 Å². The number of nitrogens with zero attached hydrogens (tertiary/aromatic N) is 2. The van der Waals surface area contributed by atoms with Gasteiger partial charge in [0.25, 0.3) is 0 Å². The first-order valence-electron chi connectivity index (χ1n) is 6.25. The maximum absolute atomic E-state index is 9.17. The molecule has 102 valence electrons. The van der Waals surface area contributed by atoms with Crippen molar-refractivity contribution < 1.29 is 9.84 Å². The molecule has 0 aliphatic rings. The summed E-state index contributed by atoms with van der Waals surface area (Å²) >= 11 is 0. The van der Waals surface area contributed by atoms with Gasteiger partial charge in [-0.1, -0.05) is 6.07 Å². The van der Waals surface area contributed by atoms with E-state index >= 15 is 0 Å². The van der Waals surface area contributed by atoms with Crippen LogP contribution in [0.2, 0.25) is 0 Å². The molecule has 0 radical (unpaired) electrons. The molecule has 3 N–H and O–H groups in total. The molecular weight excluding hydrogens is 242 g/mol. The Morgan fingerprint density at radius 2 is 2.16 bits per heavy atom. The molecule has 5 nitrogen and oxygen atoms in total. The summed E-state index contributed by atoms with van der Waals surface area (Å²) in [5, 5.41) is 11.2. The summed E-state index contributed by atoms with van der Waals surface area (Å²) < 4.78 is 5.09. The molecular formula is C14H19N3O2. The second-order valence-electron chi connectivity index (χ2n) is 4.30. The number of aromatic nitrogens is 1. The minimum atomic E-state index is 0.0809. The lowest BCUT2D eigenvalue weighted by molar-refractivity contribution is 0.203. The van der Waals surface area contributed by atoms with Crippen LogP contribution < -0.4 is 10.6 Å². The molecule has 0 saturated heterocycles. The molecule has 0 saturated carbocycles. The maximum Gasteiger partial charge on any atom is 0.0637 e. The summed E-state index contributed by atoms with van der Waals surface area (Å²) in [5.41, 5.74) is 7.86. The number of aliphatic hydroxyl groups is 1. The van der Waals surface area contributed by atoms with Crippen LogP contribution in [0.4, 0.5) is 11.4 Å². The summed E-state index contributed by atoms with van der Waals surface area (Å²) in [6.07, 6.45) is 3.52. The molecule has 1 aromatic carbocycles. The van der Waals surface area contributed by atoms with E-state index in [0.29, 0.717) is 25.4 Å². The Morgan fingerprint density at radius 3 is 2.89 bits per heavy atom. The van der Waals surface area contributed by atoms with Gasteiger partial charge < -0.3 is 20.5 Å². The third-order valence-corrected chi connectivity index (χ3v) is 3.11. The molecule has 1 aromatic heterocycles. The van der Waals surface area contributed by atoms with E-state index in [1.54, 1.807) is 19.5 Å². The first kappa shape index (κ1) is 13.6. The number of anilines is 2. The van der Waals surface area contributed by atoms with Gasteiger partial charge in [0.2, 0.25) is 0 Å². The van der Waals surface area contributed by atoms with Crippen molar-refractivity contribution in [2.75, 3.05) is 44.0 Å². The molecule has 19 heavy (non-hydrogen) atoms. The molecule has 0 fully saturated rings. The summed E-state index contributed by atoms with van der Waals surface area (Å²) in [5.74, 6) is 0. The van der Waals surface area contributed by atoms with Crippen molar-refractivity contribution in [3.05, 3.63) is 30.6 Å². The third-order valence-electron chi connectivity index (χ3n) is 3.11. The van der Waals surface area contributed by atoms with Gasteiger partial charge in [-0.2, -0.15) is 0 Å². The highest BCUT2D eigenvalue weighted by molar-refractivity contribution is 5.98. The fraction of sp³-hybridized carbons (Fsp3) is 0.357. The predicted octanol–water partition coefficient (Wildman–Crippen LogP) is 1.26. The van der Waals surface area contributed by atoms with Crippen LogP contribution in [0.15, 0.2) is 30.6 Å². The van der Waals surface area contributed by atoms with Crippen molar-refractivity contribution in [3.8, 4) is 0 Å². The largest absolute Gasteiger partial charge is 0.397 e. The Morgan fingerprint density at radius 1 is 1.32 bits per heavy atom. The quantitative estimate of drug-likeness (QED) is 0.766. The minimum Gasteiger partial charge on any atom is -0.397 e. The van der Waals surface area contributed by atoms with Crippen LogP contribution in [0, 0.1) is 0 Å². The molecule has 0 spiro atoms. The number of methoxy groups -OCH3 is 1. The van der Waals surface area contributed by atoms with Gasteiger partial charge in [0.05, 0.1) is 24.6 Å². The van der Waals surface area contributed by atoms with Gasteiger partial charge in [-0.05, 0) is 12.1 Å². The standard InChI is InChI=1S/C14H19N3O2/c1-19-9-7-17(6-8-18)13-3-2-11-10-16-5-4-12(11)14(13)15/h2-5,10,18H,6-9,15H2,1H3. The normalized spacial score (nSPS) is 10.8. The van der Waals surface area contributed by atoms with Gasteiger partial charge in [-0.15, -0.1) is 0 Å². The Kier molecular flexibility index (Phi) is 4.54. The number of nitrogen functional groups attached to an aromatic ring is 1. The molecule has 1 heterocycles. The first-order valence-corrected chi connectivity index (χ1v) is 6.25.